The Labute approximate surface area is 199 Å². The van der Waals surface area contributed by atoms with E-state index in [4.69, 9.17) is 9.47 Å². The van der Waals surface area contributed by atoms with Crippen LogP contribution in [-0.4, -0.2) is 68.9 Å². The molecule has 1 aliphatic heterocycles. The first kappa shape index (κ1) is 23.7. The van der Waals surface area contributed by atoms with Crippen LogP contribution in [0, 0.1) is 6.92 Å². The van der Waals surface area contributed by atoms with Crippen LogP contribution in [0.25, 0.3) is 11.3 Å². The molecule has 4 rings (SSSR count). The maximum absolute atomic E-state index is 13.3. The van der Waals surface area contributed by atoms with Crippen LogP contribution in [0.5, 0.6) is 11.5 Å². The highest BCUT2D eigenvalue weighted by Gasteiger charge is 2.33. The number of aromatic nitrogens is 1. The Kier molecular flexibility index (Phi) is 6.85. The van der Waals surface area contributed by atoms with Crippen molar-refractivity contribution in [2.75, 3.05) is 40.4 Å². The van der Waals surface area contributed by atoms with E-state index in [1.54, 1.807) is 23.1 Å². The van der Waals surface area contributed by atoms with Crippen LogP contribution in [0.3, 0.4) is 0 Å². The van der Waals surface area contributed by atoms with Crippen LogP contribution >= 0.6 is 0 Å². The first-order chi connectivity index (χ1) is 16.3. The topological polar surface area (TPSA) is 89.0 Å². The molecule has 1 fully saturated rings. The van der Waals surface area contributed by atoms with E-state index in [-0.39, 0.29) is 42.7 Å². The molecule has 0 saturated carbocycles. The summed E-state index contributed by atoms with van der Waals surface area (Å²) in [5.41, 5.74) is 2.95. The van der Waals surface area contributed by atoms with E-state index in [0.717, 1.165) is 11.3 Å². The van der Waals surface area contributed by atoms with Gasteiger partial charge in [-0.3, -0.25) is 9.78 Å². The summed E-state index contributed by atoms with van der Waals surface area (Å²) in [6, 6.07) is 18.1. The van der Waals surface area contributed by atoms with Gasteiger partial charge in [0.2, 0.25) is 10.0 Å². The van der Waals surface area contributed by atoms with Gasteiger partial charge in [-0.1, -0.05) is 30.3 Å². The molecule has 1 saturated heterocycles. The fourth-order valence-electron chi connectivity index (χ4n) is 3.98. The number of methoxy groups -OCH3 is 2. The van der Waals surface area contributed by atoms with E-state index >= 15 is 0 Å². The van der Waals surface area contributed by atoms with Crippen molar-refractivity contribution in [3.05, 3.63) is 71.9 Å². The Morgan fingerprint density at radius 1 is 0.912 bits per heavy atom. The molecule has 9 heteroatoms. The number of carbonyl (C=O) groups is 1. The van der Waals surface area contributed by atoms with Crippen molar-refractivity contribution in [2.24, 2.45) is 0 Å². The summed E-state index contributed by atoms with van der Waals surface area (Å²) in [4.78, 5) is 19.5. The van der Waals surface area contributed by atoms with Gasteiger partial charge in [-0.2, -0.15) is 4.31 Å². The van der Waals surface area contributed by atoms with Gasteiger partial charge in [-0.25, -0.2) is 8.42 Å². The lowest BCUT2D eigenvalue weighted by atomic mass is 10.1. The smallest absolute Gasteiger partial charge is 0.255 e. The van der Waals surface area contributed by atoms with Crippen molar-refractivity contribution in [3.8, 4) is 22.8 Å². The molecule has 0 unspecified atom stereocenters. The monoisotopic (exact) mass is 481 g/mol. The Balaban J connectivity index is 1.48. The predicted octanol–water partition coefficient (Wildman–Crippen LogP) is 3.22. The summed E-state index contributed by atoms with van der Waals surface area (Å²) >= 11 is 0. The SMILES string of the molecule is COc1ccc(OC)c(S(=O)(=O)N2CCN(C(=O)c3ccc(-c4ccccc4)nc3C)CC2)c1. The van der Waals surface area contributed by atoms with Crippen LogP contribution in [-0.2, 0) is 10.0 Å². The Bertz CT molecular complexity index is 1290. The molecule has 34 heavy (non-hydrogen) atoms. The number of pyridine rings is 1. The molecule has 1 aromatic heterocycles. The summed E-state index contributed by atoms with van der Waals surface area (Å²) in [7, 11) is -0.912. The summed E-state index contributed by atoms with van der Waals surface area (Å²) in [6.45, 7) is 2.75. The van der Waals surface area contributed by atoms with E-state index < -0.39 is 10.0 Å². The number of benzene rings is 2. The number of sulfonamides is 1. The molecule has 0 N–H and O–H groups in total. The van der Waals surface area contributed by atoms with Gasteiger partial charge >= 0.3 is 0 Å². The molecule has 178 valence electrons. The second kappa shape index (κ2) is 9.82. The second-order valence-corrected chi connectivity index (χ2v) is 9.81. The first-order valence-electron chi connectivity index (χ1n) is 10.9. The van der Waals surface area contributed by atoms with E-state index in [1.807, 2.05) is 43.3 Å². The molecule has 2 aromatic carbocycles. The number of hydrogen-bond donors (Lipinski definition) is 0. The molecule has 0 radical (unpaired) electrons. The van der Waals surface area contributed by atoms with Gasteiger partial charge in [-0.15, -0.1) is 0 Å². The van der Waals surface area contributed by atoms with Crippen LogP contribution in [0.1, 0.15) is 16.1 Å². The van der Waals surface area contributed by atoms with Crippen molar-refractivity contribution < 1.29 is 22.7 Å². The highest BCUT2D eigenvalue weighted by atomic mass is 32.2. The van der Waals surface area contributed by atoms with E-state index in [1.165, 1.54) is 24.6 Å². The van der Waals surface area contributed by atoms with Gasteiger partial charge in [0.05, 0.1) is 31.2 Å². The molecule has 0 spiro atoms. The zero-order valence-electron chi connectivity index (χ0n) is 19.4. The molecule has 1 amide bonds. The number of piperazine rings is 1. The third-order valence-electron chi connectivity index (χ3n) is 5.90. The quantitative estimate of drug-likeness (QED) is 0.537. The normalized spacial score (nSPS) is 14.6. The molecular formula is C25H27N3O5S. The maximum atomic E-state index is 13.3. The number of carbonyl (C=O) groups excluding carboxylic acids is 1. The van der Waals surface area contributed by atoms with E-state index in [0.29, 0.717) is 17.0 Å². The fraction of sp³-hybridized carbons (Fsp3) is 0.280. The molecule has 2 heterocycles. The van der Waals surface area contributed by atoms with Crippen molar-refractivity contribution in [3.63, 3.8) is 0 Å². The lowest BCUT2D eigenvalue weighted by Gasteiger charge is -2.34. The number of ether oxygens (including phenoxy) is 2. The minimum atomic E-state index is -3.82. The highest BCUT2D eigenvalue weighted by Crippen LogP contribution is 2.31. The van der Waals surface area contributed by atoms with Gasteiger partial charge < -0.3 is 14.4 Å². The molecular weight excluding hydrogens is 454 g/mol. The summed E-state index contributed by atoms with van der Waals surface area (Å²) in [5.74, 6) is 0.523. The van der Waals surface area contributed by atoms with E-state index in [9.17, 15) is 13.2 Å². The van der Waals surface area contributed by atoms with Gasteiger partial charge in [-0.05, 0) is 31.2 Å². The number of nitrogens with zero attached hydrogens (tertiary/aromatic N) is 3. The Morgan fingerprint density at radius 2 is 1.62 bits per heavy atom. The molecule has 0 bridgehead atoms. The minimum absolute atomic E-state index is 0.0469. The molecule has 3 aromatic rings. The third kappa shape index (κ3) is 4.62. The van der Waals surface area contributed by atoms with Crippen molar-refractivity contribution in [1.29, 1.82) is 0 Å². The predicted molar refractivity (Wildman–Crippen MR) is 129 cm³/mol. The van der Waals surface area contributed by atoms with E-state index in [2.05, 4.69) is 4.98 Å². The van der Waals surface area contributed by atoms with Gasteiger partial charge in [0, 0.05) is 37.8 Å². The minimum Gasteiger partial charge on any atom is -0.497 e. The van der Waals surface area contributed by atoms with Gasteiger partial charge in [0.1, 0.15) is 16.4 Å². The number of rotatable bonds is 6. The number of hydrogen-bond acceptors (Lipinski definition) is 6. The third-order valence-corrected chi connectivity index (χ3v) is 7.82. The average Bonchev–Trinajstić information content (AvgIpc) is 2.88. The van der Waals surface area contributed by atoms with Crippen molar-refractivity contribution >= 4 is 15.9 Å². The Hall–Kier alpha value is -3.43. The summed E-state index contributed by atoms with van der Waals surface area (Å²) < 4.78 is 38.4. The second-order valence-electron chi connectivity index (χ2n) is 7.91. The van der Waals surface area contributed by atoms with Gasteiger partial charge in [0.25, 0.3) is 5.91 Å². The van der Waals surface area contributed by atoms with Crippen molar-refractivity contribution in [2.45, 2.75) is 11.8 Å². The highest BCUT2D eigenvalue weighted by molar-refractivity contribution is 7.89. The van der Waals surface area contributed by atoms with Crippen LogP contribution in [0.4, 0.5) is 0 Å². The van der Waals surface area contributed by atoms with Crippen molar-refractivity contribution in [1.82, 2.24) is 14.2 Å². The zero-order valence-corrected chi connectivity index (χ0v) is 20.2. The number of aryl methyl sites for hydroxylation is 1. The molecule has 8 nitrogen and oxygen atoms in total. The molecule has 0 aliphatic carbocycles. The maximum Gasteiger partial charge on any atom is 0.255 e. The van der Waals surface area contributed by atoms with Crippen LogP contribution in [0.15, 0.2) is 65.6 Å². The van der Waals surface area contributed by atoms with Gasteiger partial charge in [0.15, 0.2) is 0 Å². The average molecular weight is 482 g/mol. The zero-order chi connectivity index (χ0) is 24.3. The fourth-order valence-corrected chi connectivity index (χ4v) is 5.58. The number of amides is 1. The lowest BCUT2D eigenvalue weighted by molar-refractivity contribution is 0.0696. The summed E-state index contributed by atoms with van der Waals surface area (Å²) in [5, 5.41) is 0. The standard InChI is InChI=1S/C25H27N3O5S/c1-18-21(10-11-22(26-18)19-7-5-4-6-8-19)25(29)27-13-15-28(16-14-27)34(30,31)24-17-20(32-2)9-12-23(24)33-3/h4-12,17H,13-16H2,1-3H3. The molecule has 1 aliphatic rings. The first-order valence-corrected chi connectivity index (χ1v) is 12.3. The van der Waals surface area contributed by atoms with Crippen LogP contribution in [0.2, 0.25) is 0 Å². The molecule has 0 atom stereocenters. The largest absolute Gasteiger partial charge is 0.497 e. The lowest BCUT2D eigenvalue weighted by Crippen LogP contribution is -2.50. The summed E-state index contributed by atoms with van der Waals surface area (Å²) in [6.07, 6.45) is 0. The van der Waals surface area contributed by atoms with Crippen LogP contribution < -0.4 is 9.47 Å². The Morgan fingerprint density at radius 3 is 2.24 bits per heavy atom.